The predicted molar refractivity (Wildman–Crippen MR) is 75.4 cm³/mol. The Morgan fingerprint density at radius 2 is 2.24 bits per heavy atom. The maximum absolute atomic E-state index is 5.89. The lowest BCUT2D eigenvalue weighted by Crippen LogP contribution is -2.32. The Hall–Kier alpha value is -0.250. The zero-order valence-corrected chi connectivity index (χ0v) is 11.6. The van der Waals surface area contributed by atoms with Crippen LogP contribution >= 0.6 is 11.8 Å². The summed E-state index contributed by atoms with van der Waals surface area (Å²) < 4.78 is 5.89. The van der Waals surface area contributed by atoms with Crippen LogP contribution in [0.15, 0.2) is 22.6 Å². The van der Waals surface area contributed by atoms with Gasteiger partial charge in [-0.15, -0.1) is 11.8 Å². The lowest BCUT2D eigenvalue weighted by atomic mass is 9.96. The van der Waals surface area contributed by atoms with Crippen molar-refractivity contribution in [1.29, 1.82) is 0 Å². The van der Waals surface area contributed by atoms with Gasteiger partial charge < -0.3 is 10.1 Å². The molecule has 1 atom stereocenters. The average Bonchev–Trinajstić information content (AvgIpc) is 2.42. The van der Waals surface area contributed by atoms with Crippen LogP contribution in [0.25, 0.3) is 0 Å². The second-order valence-corrected chi connectivity index (χ2v) is 5.91. The van der Waals surface area contributed by atoms with E-state index in [1.165, 1.54) is 47.5 Å². The van der Waals surface area contributed by atoms with Crippen molar-refractivity contribution in [3.05, 3.63) is 22.6 Å². The summed E-state index contributed by atoms with van der Waals surface area (Å²) in [4.78, 5) is 1.46. The predicted octanol–water partition coefficient (Wildman–Crippen LogP) is 3.11. The molecular weight excluding hydrogens is 230 g/mol. The zero-order valence-electron chi connectivity index (χ0n) is 10.8. The summed E-state index contributed by atoms with van der Waals surface area (Å²) in [7, 11) is 1.99. The maximum Gasteiger partial charge on any atom is 0.101 e. The Balaban J connectivity index is 2.21. The van der Waals surface area contributed by atoms with E-state index in [2.05, 4.69) is 11.9 Å². The minimum atomic E-state index is 0.253. The number of hydrogen-bond acceptors (Lipinski definition) is 3. The fourth-order valence-corrected chi connectivity index (χ4v) is 3.84. The molecule has 0 saturated carbocycles. The quantitative estimate of drug-likeness (QED) is 0.817. The van der Waals surface area contributed by atoms with Crippen LogP contribution in [0, 0.1) is 0 Å². The molecule has 0 aromatic rings. The van der Waals surface area contributed by atoms with Crippen LogP contribution in [-0.2, 0) is 4.74 Å². The lowest BCUT2D eigenvalue weighted by Gasteiger charge is -2.29. The Morgan fingerprint density at radius 3 is 3.06 bits per heavy atom. The monoisotopic (exact) mass is 253 g/mol. The van der Waals surface area contributed by atoms with Gasteiger partial charge in [-0.1, -0.05) is 18.6 Å². The number of hydrogen-bond donors (Lipinski definition) is 1. The molecule has 96 valence electrons. The SMILES string of the molecule is C=C1CCCCCSC2=C1CCOC2CNC. The van der Waals surface area contributed by atoms with Crippen molar-refractivity contribution in [2.75, 3.05) is 26.0 Å². The Morgan fingerprint density at radius 1 is 1.35 bits per heavy atom. The minimum absolute atomic E-state index is 0.253. The molecule has 17 heavy (non-hydrogen) atoms. The minimum Gasteiger partial charge on any atom is -0.371 e. The first kappa shape index (κ1) is 13.2. The maximum atomic E-state index is 5.89. The van der Waals surface area contributed by atoms with Gasteiger partial charge in [0.05, 0.1) is 6.61 Å². The lowest BCUT2D eigenvalue weighted by molar-refractivity contribution is 0.0755. The Labute approximate surface area is 109 Å². The van der Waals surface area contributed by atoms with E-state index in [9.17, 15) is 0 Å². The van der Waals surface area contributed by atoms with Crippen LogP contribution in [0.2, 0.25) is 0 Å². The smallest absolute Gasteiger partial charge is 0.101 e. The summed E-state index contributed by atoms with van der Waals surface area (Å²) in [6, 6.07) is 0. The molecule has 3 heteroatoms. The average molecular weight is 253 g/mol. The van der Waals surface area contributed by atoms with Crippen LogP contribution in [0.5, 0.6) is 0 Å². The van der Waals surface area contributed by atoms with Gasteiger partial charge in [0, 0.05) is 11.4 Å². The van der Waals surface area contributed by atoms with E-state index in [0.29, 0.717) is 0 Å². The number of rotatable bonds is 2. The topological polar surface area (TPSA) is 21.3 Å². The molecule has 0 saturated heterocycles. The van der Waals surface area contributed by atoms with Crippen molar-refractivity contribution in [3.63, 3.8) is 0 Å². The summed E-state index contributed by atoms with van der Waals surface area (Å²) in [5.74, 6) is 1.23. The van der Waals surface area contributed by atoms with Crippen LogP contribution in [0.3, 0.4) is 0 Å². The fraction of sp³-hybridized carbons (Fsp3) is 0.714. The highest BCUT2D eigenvalue weighted by molar-refractivity contribution is 8.03. The molecular formula is C14H23NOS. The van der Waals surface area contributed by atoms with Crippen molar-refractivity contribution in [1.82, 2.24) is 5.32 Å². The number of thioether (sulfide) groups is 1. The molecule has 2 aliphatic rings. The van der Waals surface area contributed by atoms with Gasteiger partial charge in [-0.3, -0.25) is 0 Å². The van der Waals surface area contributed by atoms with Gasteiger partial charge >= 0.3 is 0 Å². The van der Waals surface area contributed by atoms with Gasteiger partial charge in [0.1, 0.15) is 6.10 Å². The molecule has 2 rings (SSSR count). The van der Waals surface area contributed by atoms with E-state index in [4.69, 9.17) is 4.74 Å². The molecule has 0 fully saturated rings. The Bertz CT molecular complexity index is 311. The zero-order chi connectivity index (χ0) is 12.1. The first-order valence-electron chi connectivity index (χ1n) is 6.63. The summed E-state index contributed by atoms with van der Waals surface area (Å²) in [5.41, 5.74) is 2.86. The molecule has 0 aromatic carbocycles. The van der Waals surface area contributed by atoms with Crippen molar-refractivity contribution in [2.24, 2.45) is 0 Å². The molecule has 0 amide bonds. The standard InChI is InChI=1S/C14H23NOS/c1-11-6-4-3-5-9-17-14-12(11)7-8-16-13(14)10-15-2/h13,15H,1,3-10H2,2H3. The third-order valence-electron chi connectivity index (χ3n) is 3.46. The van der Waals surface area contributed by atoms with E-state index in [1.54, 1.807) is 0 Å². The normalized spacial score (nSPS) is 27.1. The molecule has 2 heterocycles. The number of allylic oxidation sites excluding steroid dienone is 1. The largest absolute Gasteiger partial charge is 0.371 e. The Kier molecular flexibility index (Phi) is 5.14. The second kappa shape index (κ2) is 6.62. The van der Waals surface area contributed by atoms with Crippen LogP contribution in [-0.4, -0.2) is 32.1 Å². The fourth-order valence-electron chi connectivity index (χ4n) is 2.51. The molecule has 2 aliphatic heterocycles. The second-order valence-electron chi connectivity index (χ2n) is 4.77. The van der Waals surface area contributed by atoms with E-state index in [-0.39, 0.29) is 6.10 Å². The van der Waals surface area contributed by atoms with Gasteiger partial charge in [-0.2, -0.15) is 0 Å². The highest BCUT2D eigenvalue weighted by Gasteiger charge is 2.25. The highest BCUT2D eigenvalue weighted by atomic mass is 32.2. The number of likely N-dealkylation sites (N-methyl/N-ethyl adjacent to an activating group) is 1. The first-order chi connectivity index (χ1) is 8.33. The first-order valence-corrected chi connectivity index (χ1v) is 7.61. The summed E-state index contributed by atoms with van der Waals surface area (Å²) in [6.07, 6.45) is 6.44. The van der Waals surface area contributed by atoms with Gasteiger partial charge in [0.15, 0.2) is 0 Å². The molecule has 0 aliphatic carbocycles. The van der Waals surface area contributed by atoms with E-state index in [1.807, 2.05) is 18.8 Å². The van der Waals surface area contributed by atoms with Gasteiger partial charge in [-0.25, -0.2) is 0 Å². The number of nitrogens with one attached hydrogen (secondary N) is 1. The molecule has 2 nitrogen and oxygen atoms in total. The molecule has 1 unspecified atom stereocenters. The van der Waals surface area contributed by atoms with Gasteiger partial charge in [-0.05, 0) is 44.1 Å². The van der Waals surface area contributed by atoms with Crippen molar-refractivity contribution >= 4 is 11.8 Å². The third-order valence-corrected chi connectivity index (χ3v) is 4.77. The molecule has 0 spiro atoms. The summed E-state index contributed by atoms with van der Waals surface area (Å²) >= 11 is 2.00. The summed E-state index contributed by atoms with van der Waals surface area (Å²) in [5, 5.41) is 3.23. The van der Waals surface area contributed by atoms with Gasteiger partial charge in [0.2, 0.25) is 0 Å². The molecule has 1 N–H and O–H groups in total. The van der Waals surface area contributed by atoms with E-state index >= 15 is 0 Å². The number of ether oxygens (including phenoxy) is 1. The molecule has 0 radical (unpaired) electrons. The highest BCUT2D eigenvalue weighted by Crippen LogP contribution is 2.37. The van der Waals surface area contributed by atoms with Gasteiger partial charge in [0.25, 0.3) is 0 Å². The van der Waals surface area contributed by atoms with E-state index < -0.39 is 0 Å². The summed E-state index contributed by atoms with van der Waals surface area (Å²) in [6.45, 7) is 6.06. The van der Waals surface area contributed by atoms with Crippen molar-refractivity contribution in [2.45, 2.75) is 38.2 Å². The molecule has 0 aromatic heterocycles. The van der Waals surface area contributed by atoms with Crippen LogP contribution in [0.4, 0.5) is 0 Å². The van der Waals surface area contributed by atoms with E-state index in [0.717, 1.165) is 19.6 Å². The van der Waals surface area contributed by atoms with Crippen molar-refractivity contribution in [3.8, 4) is 0 Å². The van der Waals surface area contributed by atoms with Crippen LogP contribution < -0.4 is 5.32 Å². The van der Waals surface area contributed by atoms with Crippen molar-refractivity contribution < 1.29 is 4.74 Å². The molecule has 0 bridgehead atoms. The van der Waals surface area contributed by atoms with Crippen LogP contribution in [0.1, 0.15) is 32.1 Å². The third kappa shape index (κ3) is 3.36.